The van der Waals surface area contributed by atoms with E-state index in [1.54, 1.807) is 6.92 Å². The Bertz CT molecular complexity index is 1150. The Kier molecular flexibility index (Phi) is 6.80. The number of amides is 1. The molecule has 1 aliphatic rings. The molecule has 33 heavy (non-hydrogen) atoms. The van der Waals surface area contributed by atoms with Crippen molar-refractivity contribution in [2.75, 3.05) is 29.2 Å². The van der Waals surface area contributed by atoms with E-state index in [1.165, 1.54) is 6.20 Å². The van der Waals surface area contributed by atoms with E-state index in [9.17, 15) is 14.7 Å². The van der Waals surface area contributed by atoms with E-state index in [1.807, 2.05) is 48.5 Å². The zero-order valence-corrected chi connectivity index (χ0v) is 18.2. The number of aliphatic hydroxyl groups is 1. The third kappa shape index (κ3) is 5.27. The Hall–Kier alpha value is -3.98. The van der Waals surface area contributed by atoms with E-state index in [-0.39, 0.29) is 36.5 Å². The second-order valence-corrected chi connectivity index (χ2v) is 7.51. The summed E-state index contributed by atoms with van der Waals surface area (Å²) in [4.78, 5) is 32.8. The van der Waals surface area contributed by atoms with Crippen molar-refractivity contribution in [2.24, 2.45) is 0 Å². The lowest BCUT2D eigenvalue weighted by atomic mass is 10.0. The number of anilines is 4. The number of nitrogens with one attached hydrogen (secondary N) is 3. The van der Waals surface area contributed by atoms with Crippen LogP contribution in [0.1, 0.15) is 40.9 Å². The Balaban J connectivity index is 1.62. The van der Waals surface area contributed by atoms with Crippen LogP contribution in [0, 0.1) is 0 Å². The van der Waals surface area contributed by atoms with Gasteiger partial charge >= 0.3 is 5.97 Å². The molecule has 0 radical (unpaired) electrons. The Morgan fingerprint density at radius 1 is 1.21 bits per heavy atom. The molecule has 4 rings (SSSR count). The van der Waals surface area contributed by atoms with Gasteiger partial charge < -0.3 is 25.8 Å². The lowest BCUT2D eigenvalue weighted by Gasteiger charge is -2.20. The molecule has 0 unspecified atom stereocenters. The number of carbonyl (C=O) groups is 2. The molecule has 4 N–H and O–H groups in total. The molecule has 3 aromatic rings. The summed E-state index contributed by atoms with van der Waals surface area (Å²) >= 11 is 0. The van der Waals surface area contributed by atoms with Gasteiger partial charge in [-0.05, 0) is 42.7 Å². The number of ether oxygens (including phenoxy) is 1. The minimum atomic E-state index is -0.555. The number of benzene rings is 2. The number of rotatable bonds is 8. The summed E-state index contributed by atoms with van der Waals surface area (Å²) in [7, 11) is 0. The zero-order valence-electron chi connectivity index (χ0n) is 18.2. The van der Waals surface area contributed by atoms with Gasteiger partial charge in [-0.15, -0.1) is 0 Å². The third-order valence-corrected chi connectivity index (χ3v) is 5.24. The molecule has 9 nitrogen and oxygen atoms in total. The maximum absolute atomic E-state index is 12.5. The number of aliphatic hydroxyl groups excluding tert-OH is 1. The number of hydrogen-bond acceptors (Lipinski definition) is 8. The van der Waals surface area contributed by atoms with Crippen molar-refractivity contribution in [1.29, 1.82) is 0 Å². The van der Waals surface area contributed by atoms with Gasteiger partial charge in [0, 0.05) is 24.0 Å². The quantitative estimate of drug-likeness (QED) is 0.387. The fourth-order valence-corrected chi connectivity index (χ4v) is 3.59. The Morgan fingerprint density at radius 2 is 2.03 bits per heavy atom. The lowest BCUT2D eigenvalue weighted by Crippen LogP contribution is -2.20. The summed E-state index contributed by atoms with van der Waals surface area (Å²) in [5.74, 6) is -0.0244. The van der Waals surface area contributed by atoms with Crippen LogP contribution in [-0.4, -0.2) is 40.2 Å². The van der Waals surface area contributed by atoms with E-state index in [0.717, 1.165) is 22.5 Å². The number of aromatic nitrogens is 2. The summed E-state index contributed by atoms with van der Waals surface area (Å²) in [6.07, 6.45) is 2.49. The normalized spacial score (nSPS) is 13.5. The van der Waals surface area contributed by atoms with Gasteiger partial charge in [0.05, 0.1) is 19.3 Å². The fraction of sp³-hybridized carbons (Fsp3) is 0.250. The highest BCUT2D eigenvalue weighted by Crippen LogP contribution is 2.28. The van der Waals surface area contributed by atoms with Crippen LogP contribution in [0.3, 0.4) is 0 Å². The van der Waals surface area contributed by atoms with E-state index >= 15 is 0 Å². The van der Waals surface area contributed by atoms with Gasteiger partial charge in [-0.3, -0.25) is 4.79 Å². The first-order valence-corrected chi connectivity index (χ1v) is 10.7. The van der Waals surface area contributed by atoms with Crippen LogP contribution in [0.2, 0.25) is 0 Å². The van der Waals surface area contributed by atoms with E-state index < -0.39 is 12.0 Å². The van der Waals surface area contributed by atoms with Crippen LogP contribution in [0.4, 0.5) is 23.1 Å². The maximum Gasteiger partial charge on any atom is 0.343 e. The van der Waals surface area contributed by atoms with Crippen LogP contribution in [0.15, 0.2) is 54.7 Å². The predicted molar refractivity (Wildman–Crippen MR) is 125 cm³/mol. The standard InChI is InChI=1S/C24H25N5O4/c1-2-33-23(32)18-13-25-24(26-17-9-10-19-16(12-17)8-11-21(31)27-19)29-22(18)28-20(14-30)15-6-4-3-5-7-15/h3-7,9-10,12-13,20,30H,2,8,11,14H2,1H3,(H,27,31)(H2,25,26,28,29)/t20-/m1/s1. The number of aryl methyl sites for hydroxylation is 1. The molecule has 0 bridgehead atoms. The van der Waals surface area contributed by atoms with E-state index in [0.29, 0.717) is 12.8 Å². The summed E-state index contributed by atoms with van der Waals surface area (Å²) in [6.45, 7) is 1.74. The number of esters is 1. The minimum Gasteiger partial charge on any atom is -0.462 e. The van der Waals surface area contributed by atoms with Crippen LogP contribution in [0.5, 0.6) is 0 Å². The van der Waals surface area contributed by atoms with Crippen molar-refractivity contribution in [3.05, 3.63) is 71.4 Å². The van der Waals surface area contributed by atoms with Crippen LogP contribution in [-0.2, 0) is 16.0 Å². The fourth-order valence-electron chi connectivity index (χ4n) is 3.59. The first kappa shape index (κ1) is 22.2. The topological polar surface area (TPSA) is 125 Å². The molecule has 1 atom stereocenters. The maximum atomic E-state index is 12.5. The molecule has 1 amide bonds. The number of hydrogen-bond donors (Lipinski definition) is 4. The summed E-state index contributed by atoms with van der Waals surface area (Å²) in [5.41, 5.74) is 3.59. The second-order valence-electron chi connectivity index (χ2n) is 7.51. The highest BCUT2D eigenvalue weighted by molar-refractivity contribution is 5.95. The molecule has 2 aromatic carbocycles. The summed E-state index contributed by atoms with van der Waals surface area (Å²) in [5, 5.41) is 19.1. The molecule has 170 valence electrons. The zero-order chi connectivity index (χ0) is 23.2. The monoisotopic (exact) mass is 447 g/mol. The van der Waals surface area contributed by atoms with Crippen molar-refractivity contribution in [1.82, 2.24) is 9.97 Å². The van der Waals surface area contributed by atoms with Gasteiger partial charge in [0.1, 0.15) is 11.4 Å². The van der Waals surface area contributed by atoms with Crippen LogP contribution in [0.25, 0.3) is 0 Å². The number of nitrogens with zero attached hydrogens (tertiary/aromatic N) is 2. The number of carbonyl (C=O) groups excluding carboxylic acids is 2. The molecule has 0 aliphatic carbocycles. The molecule has 1 aromatic heterocycles. The molecule has 0 spiro atoms. The van der Waals surface area contributed by atoms with Crippen LogP contribution >= 0.6 is 0 Å². The molecule has 9 heteroatoms. The largest absolute Gasteiger partial charge is 0.462 e. The average Bonchev–Trinajstić information content (AvgIpc) is 2.83. The van der Waals surface area contributed by atoms with Gasteiger partial charge in [-0.1, -0.05) is 30.3 Å². The molecule has 0 saturated heterocycles. The highest BCUT2D eigenvalue weighted by atomic mass is 16.5. The van der Waals surface area contributed by atoms with Gasteiger partial charge in [0.15, 0.2) is 0 Å². The molecular formula is C24H25N5O4. The molecule has 1 aliphatic heterocycles. The van der Waals surface area contributed by atoms with Crippen molar-refractivity contribution < 1.29 is 19.4 Å². The Morgan fingerprint density at radius 3 is 2.79 bits per heavy atom. The van der Waals surface area contributed by atoms with Crippen molar-refractivity contribution in [3.63, 3.8) is 0 Å². The first-order chi connectivity index (χ1) is 16.1. The van der Waals surface area contributed by atoms with E-state index in [4.69, 9.17) is 4.74 Å². The molecule has 0 saturated carbocycles. The molecule has 2 heterocycles. The minimum absolute atomic E-state index is 0.00802. The summed E-state index contributed by atoms with van der Waals surface area (Å²) < 4.78 is 5.14. The van der Waals surface area contributed by atoms with Crippen LogP contribution < -0.4 is 16.0 Å². The van der Waals surface area contributed by atoms with Gasteiger partial charge in [0.2, 0.25) is 11.9 Å². The van der Waals surface area contributed by atoms with E-state index in [2.05, 4.69) is 25.9 Å². The molecule has 0 fully saturated rings. The third-order valence-electron chi connectivity index (χ3n) is 5.24. The first-order valence-electron chi connectivity index (χ1n) is 10.7. The predicted octanol–water partition coefficient (Wildman–Crippen LogP) is 3.43. The van der Waals surface area contributed by atoms with Crippen molar-refractivity contribution in [3.8, 4) is 0 Å². The van der Waals surface area contributed by atoms with Gasteiger partial charge in [-0.25, -0.2) is 9.78 Å². The summed E-state index contributed by atoms with van der Waals surface area (Å²) in [6, 6.07) is 14.5. The van der Waals surface area contributed by atoms with Crippen molar-refractivity contribution in [2.45, 2.75) is 25.8 Å². The highest BCUT2D eigenvalue weighted by Gasteiger charge is 2.20. The van der Waals surface area contributed by atoms with Crippen molar-refractivity contribution >= 4 is 35.0 Å². The SMILES string of the molecule is CCOC(=O)c1cnc(Nc2ccc3c(c2)CCC(=O)N3)nc1N[C@H](CO)c1ccccc1. The van der Waals surface area contributed by atoms with Gasteiger partial charge in [0.25, 0.3) is 0 Å². The second kappa shape index (κ2) is 10.1. The van der Waals surface area contributed by atoms with Gasteiger partial charge in [-0.2, -0.15) is 4.98 Å². The average molecular weight is 447 g/mol. The smallest absolute Gasteiger partial charge is 0.343 e. The molecular weight excluding hydrogens is 422 g/mol. The lowest BCUT2D eigenvalue weighted by molar-refractivity contribution is -0.116. The Labute approximate surface area is 191 Å². The number of fused-ring (bicyclic) bond motifs is 1.